The zero-order chi connectivity index (χ0) is 65.4. The number of halogens is 4. The number of anilines is 2. The molecule has 1 aliphatic carbocycles. The predicted molar refractivity (Wildman–Crippen MR) is 332 cm³/mol. The van der Waals surface area contributed by atoms with Crippen molar-refractivity contribution in [3.8, 4) is 0 Å². The molecule has 2 amide bonds. The molecule has 1 saturated carbocycles. The molecular formula is C66H89F3IN3O16. The van der Waals surface area contributed by atoms with Gasteiger partial charge in [0.2, 0.25) is 5.79 Å². The van der Waals surface area contributed by atoms with Crippen LogP contribution in [-0.4, -0.2) is 155 Å². The average molecular weight is 1360 g/mol. The lowest BCUT2D eigenvalue weighted by Crippen LogP contribution is -2.61. The van der Waals surface area contributed by atoms with Gasteiger partial charge in [0.1, 0.15) is 48.7 Å². The largest absolute Gasteiger partial charge is 0.460 e. The fraction of sp³-hybridized carbons (Fsp3) is 0.606. The van der Waals surface area contributed by atoms with Gasteiger partial charge in [0.25, 0.3) is 17.6 Å². The number of nitrogens with zero attached hydrogens (tertiary/aromatic N) is 1. The number of ketones is 3. The number of hydrogen-bond donors (Lipinski definition) is 6. The quantitative estimate of drug-likeness (QED) is 0.0339. The molecular weight excluding hydrogens is 1270 g/mol. The van der Waals surface area contributed by atoms with Gasteiger partial charge in [0.05, 0.1) is 48.0 Å². The number of cyclic esters (lactones) is 1. The van der Waals surface area contributed by atoms with Gasteiger partial charge in [-0.3, -0.25) is 28.8 Å². The molecule has 23 heteroatoms. The first-order valence-electron chi connectivity index (χ1n) is 30.7. The van der Waals surface area contributed by atoms with Crippen molar-refractivity contribution in [2.24, 2.45) is 35.5 Å². The number of esters is 1. The maximum Gasteiger partial charge on any atom is 0.329 e. The van der Waals surface area contributed by atoms with Crippen molar-refractivity contribution in [2.45, 2.75) is 186 Å². The Morgan fingerprint density at radius 3 is 2.33 bits per heavy atom. The van der Waals surface area contributed by atoms with Gasteiger partial charge >= 0.3 is 5.97 Å². The van der Waals surface area contributed by atoms with Crippen LogP contribution in [0.25, 0.3) is 0 Å². The molecule has 89 heavy (non-hydrogen) atoms. The molecule has 6 rings (SSSR count). The van der Waals surface area contributed by atoms with Crippen LogP contribution in [0.3, 0.4) is 0 Å². The van der Waals surface area contributed by atoms with E-state index in [0.29, 0.717) is 72.1 Å². The molecule has 4 aliphatic rings. The number of benzene rings is 2. The third-order valence-corrected chi connectivity index (χ3v) is 18.3. The van der Waals surface area contributed by atoms with Crippen LogP contribution in [0.15, 0.2) is 77.9 Å². The highest BCUT2D eigenvalue weighted by molar-refractivity contribution is 14.1. The SMILES string of the molecule is CO[C@@H]1C[C@@H](CC(C)[C@@H]2CC(=O)[C@H](C)/C=C(\C)[C@@H](O)[C@@H](OC)C(=O)[C@H](C)C[C@H](C)/C=C/C=C/C=C(/C)[C@H](OC[C@@H](O)CONC(=O)c3ccc(F)c(F)c3Nc3ccc(I)cc3F)C[C@@H]3CC[C@@H](C)[C@@](O)(O3)C(=O)C(=O)N3CCCC[C@H]3C(=O)O2)CC[C@H]1O. The number of aliphatic hydroxyl groups excluding tert-OH is 3. The average Bonchev–Trinajstić information content (AvgIpc) is 1.14. The number of ether oxygens (including phenoxy) is 5. The van der Waals surface area contributed by atoms with Crippen molar-refractivity contribution in [1.82, 2.24) is 10.4 Å². The van der Waals surface area contributed by atoms with Crippen LogP contribution in [0.4, 0.5) is 24.5 Å². The van der Waals surface area contributed by atoms with E-state index in [-0.39, 0.29) is 61.3 Å². The van der Waals surface area contributed by atoms with Crippen LogP contribution in [0.1, 0.15) is 136 Å². The Morgan fingerprint density at radius 1 is 0.876 bits per heavy atom. The summed E-state index contributed by atoms with van der Waals surface area (Å²) in [5, 5.41) is 48.0. The Hall–Kier alpha value is -5.22. The minimum Gasteiger partial charge on any atom is -0.460 e. The number of hydrogen-bond acceptors (Lipinski definition) is 17. The Labute approximate surface area is 533 Å². The number of amides is 2. The Kier molecular flexibility index (Phi) is 27.8. The van der Waals surface area contributed by atoms with Gasteiger partial charge < -0.3 is 54.3 Å². The smallest absolute Gasteiger partial charge is 0.329 e. The van der Waals surface area contributed by atoms with Gasteiger partial charge in [-0.1, -0.05) is 71.1 Å². The first kappa shape index (κ1) is 72.8. The summed E-state index contributed by atoms with van der Waals surface area (Å²) in [5.41, 5.74) is 1.66. The topological polar surface area (TPSA) is 266 Å². The van der Waals surface area contributed by atoms with E-state index in [2.05, 4.69) is 10.8 Å². The summed E-state index contributed by atoms with van der Waals surface area (Å²) in [6, 6.07) is 4.39. The summed E-state index contributed by atoms with van der Waals surface area (Å²) in [7, 11) is 2.87. The first-order chi connectivity index (χ1) is 42.2. The highest BCUT2D eigenvalue weighted by Crippen LogP contribution is 2.38. The van der Waals surface area contributed by atoms with Crippen molar-refractivity contribution < 1.29 is 90.9 Å². The molecule has 2 aromatic rings. The highest BCUT2D eigenvalue weighted by atomic mass is 127. The van der Waals surface area contributed by atoms with Crippen LogP contribution in [0, 0.1) is 56.5 Å². The fourth-order valence-corrected chi connectivity index (χ4v) is 12.6. The Balaban J connectivity index is 1.25. The van der Waals surface area contributed by atoms with E-state index in [1.54, 1.807) is 65.0 Å². The number of piperidine rings is 1. The molecule has 1 unspecified atom stereocenters. The van der Waals surface area contributed by atoms with E-state index in [1.807, 2.05) is 42.5 Å². The summed E-state index contributed by atoms with van der Waals surface area (Å²) in [5.74, 6) is -14.0. The minimum atomic E-state index is -2.66. The zero-order valence-electron chi connectivity index (χ0n) is 52.3. The third-order valence-electron chi connectivity index (χ3n) is 17.7. The molecule has 3 fully saturated rings. The number of allylic oxidation sites excluding steroid dienone is 6. The van der Waals surface area contributed by atoms with Crippen molar-refractivity contribution in [3.63, 3.8) is 0 Å². The summed E-state index contributed by atoms with van der Waals surface area (Å²) in [6.45, 7) is 11.1. The van der Waals surface area contributed by atoms with E-state index in [0.717, 1.165) is 17.0 Å². The molecule has 2 saturated heterocycles. The molecule has 3 aliphatic heterocycles. The summed E-state index contributed by atoms with van der Waals surface area (Å²) in [4.78, 5) is 91.7. The number of fused-ring (bicyclic) bond motifs is 3. The Bertz CT molecular complexity index is 2930. The maximum absolute atomic E-state index is 15.1. The van der Waals surface area contributed by atoms with Gasteiger partial charge in [0, 0.05) is 54.9 Å². The van der Waals surface area contributed by atoms with Crippen molar-refractivity contribution >= 4 is 69.1 Å². The summed E-state index contributed by atoms with van der Waals surface area (Å²) < 4.78 is 74.8. The lowest BCUT2D eigenvalue weighted by atomic mass is 9.78. The van der Waals surface area contributed by atoms with Gasteiger partial charge in [-0.05, 0) is 160 Å². The van der Waals surface area contributed by atoms with Gasteiger partial charge in [0.15, 0.2) is 17.4 Å². The van der Waals surface area contributed by atoms with Crippen LogP contribution < -0.4 is 10.8 Å². The lowest BCUT2D eigenvalue weighted by Gasteiger charge is -2.43. The Morgan fingerprint density at radius 2 is 1.62 bits per heavy atom. The second-order valence-electron chi connectivity index (χ2n) is 24.6. The molecule has 2 bridgehead atoms. The van der Waals surface area contributed by atoms with Gasteiger partial charge in [-0.2, -0.15) is 0 Å². The van der Waals surface area contributed by atoms with Crippen molar-refractivity contribution in [2.75, 3.05) is 39.3 Å². The van der Waals surface area contributed by atoms with Crippen LogP contribution in [0.5, 0.6) is 0 Å². The number of carbonyl (C=O) groups is 6. The number of Topliss-reactive ketones (excluding diaryl/α,β-unsaturated/α-hetero) is 3. The van der Waals surface area contributed by atoms with Crippen molar-refractivity contribution in [1.29, 1.82) is 0 Å². The monoisotopic (exact) mass is 1360 g/mol. The fourth-order valence-electron chi connectivity index (χ4n) is 12.2. The van der Waals surface area contributed by atoms with E-state index >= 15 is 4.39 Å². The molecule has 0 spiro atoms. The van der Waals surface area contributed by atoms with Crippen LogP contribution in [-0.2, 0) is 52.5 Å². The molecule has 2 aromatic carbocycles. The van der Waals surface area contributed by atoms with E-state index < -0.39 is 150 Å². The molecule has 19 nitrogen and oxygen atoms in total. The van der Waals surface area contributed by atoms with Gasteiger partial charge in [-0.25, -0.2) is 23.4 Å². The number of methoxy groups -OCH3 is 2. The van der Waals surface area contributed by atoms with E-state index in [1.165, 1.54) is 26.4 Å². The molecule has 3 heterocycles. The number of aliphatic hydroxyl groups is 4. The minimum absolute atomic E-state index is 0.0157. The highest BCUT2D eigenvalue weighted by Gasteiger charge is 2.53. The third kappa shape index (κ3) is 19.7. The normalized spacial score (nSPS) is 32.9. The molecule has 6 N–H and O–H groups in total. The number of hydroxylamine groups is 1. The molecule has 0 aromatic heterocycles. The van der Waals surface area contributed by atoms with Gasteiger partial charge in [-0.15, -0.1) is 0 Å². The first-order valence-corrected chi connectivity index (χ1v) is 31.8. The summed E-state index contributed by atoms with van der Waals surface area (Å²) >= 11 is 1.88. The summed E-state index contributed by atoms with van der Waals surface area (Å²) in [6.07, 6.45) is 6.44. The van der Waals surface area contributed by atoms with Crippen LogP contribution in [0.2, 0.25) is 0 Å². The number of nitrogens with one attached hydrogen (secondary N) is 2. The van der Waals surface area contributed by atoms with E-state index in [9.17, 15) is 58.0 Å². The maximum atomic E-state index is 15.1. The standard InChI is InChI=1S/C66H89F3IN3O16/c1-36-15-11-10-12-16-37(2)54(86-34-45(74)35-87-72-63(80)47-22-23-48(67)57(69)58(47)71-50-24-20-44(70)31-49(50)68)32-46-21-18-42(7)66(83,89-46)62(79)64(81)73-26-14-13-17-51(73)65(82)88-55(39(4)29-43-19-25-52(75)56(30-43)84-8)33-53(76)38(3)28-41(6)60(78)61(85-9)59(77)40(5)27-36/h10-12,15-16,20,22-24,28,31,36,38-40,42-43,45-46,51-52,54-56,60-61,71,74-75,78,83H,13-14,17-19,21,25-27,29-30,32-35H2,1-9H3,(H,72,80)/b12-10+,15-11+,37-16-,41-28+/t36-,38-,39?,40-,42-,43-,45-,46+,51+,52-,54-,55+,56-,60-,61+,66-/m1/s1. The molecule has 16 atom stereocenters. The molecule has 492 valence electrons. The zero-order valence-corrected chi connectivity index (χ0v) is 54.4. The van der Waals surface area contributed by atoms with Crippen molar-refractivity contribution in [3.05, 3.63) is 105 Å². The van der Waals surface area contributed by atoms with Crippen LogP contribution >= 0.6 is 22.6 Å². The van der Waals surface area contributed by atoms with E-state index in [4.69, 9.17) is 28.5 Å². The second kappa shape index (κ2) is 33.9. The lowest BCUT2D eigenvalue weighted by molar-refractivity contribution is -0.266. The second-order valence-corrected chi connectivity index (χ2v) is 25.9. The predicted octanol–water partition coefficient (Wildman–Crippen LogP) is 9.04. The number of carbonyl (C=O) groups excluding carboxylic acids is 6. The number of rotatable bonds is 14. The molecule has 0 radical (unpaired) electrons.